The molecule has 3 aromatic rings. The number of ether oxygens (including phenoxy) is 4. The fraction of sp³-hybridized carbons (Fsp3) is 0.464. The van der Waals surface area contributed by atoms with Gasteiger partial charge in [-0.2, -0.15) is 0 Å². The Kier molecular flexibility index (Phi) is 6.60. The molecule has 41 heavy (non-hydrogen) atoms. The van der Waals surface area contributed by atoms with E-state index in [2.05, 4.69) is 14.8 Å². The fourth-order valence-corrected chi connectivity index (χ4v) is 5.82. The minimum atomic E-state index is -3.84. The molecule has 0 aliphatic carbocycles. The third-order valence-corrected chi connectivity index (χ3v) is 8.25. The van der Waals surface area contributed by atoms with Crippen molar-refractivity contribution >= 4 is 22.5 Å². The van der Waals surface area contributed by atoms with Gasteiger partial charge in [0.2, 0.25) is 5.91 Å². The second kappa shape index (κ2) is 9.79. The number of aromatic nitrogens is 1. The number of aliphatic hydroxyl groups excluding tert-OH is 3. The van der Waals surface area contributed by atoms with Crippen molar-refractivity contribution in [3.05, 3.63) is 47.4 Å². The molecule has 3 aliphatic rings. The van der Waals surface area contributed by atoms with E-state index in [0.717, 1.165) is 0 Å². The zero-order valence-corrected chi connectivity index (χ0v) is 22.1. The van der Waals surface area contributed by atoms with Gasteiger partial charge in [-0.3, -0.25) is 4.79 Å². The van der Waals surface area contributed by atoms with Crippen LogP contribution >= 0.6 is 0 Å². The number of nitrogens with one attached hydrogen (secondary N) is 1. The van der Waals surface area contributed by atoms with E-state index in [1.165, 1.54) is 24.3 Å². The van der Waals surface area contributed by atoms with Gasteiger partial charge in [0.05, 0.1) is 37.1 Å². The maximum atomic E-state index is 15.5. The van der Waals surface area contributed by atoms with Crippen LogP contribution in [0.3, 0.4) is 0 Å². The van der Waals surface area contributed by atoms with E-state index in [1.807, 2.05) is 0 Å². The van der Waals surface area contributed by atoms with Crippen molar-refractivity contribution in [3.8, 4) is 17.2 Å². The van der Waals surface area contributed by atoms with Gasteiger partial charge < -0.3 is 44.2 Å². The number of carbonyl (C=O) groups is 1. The van der Waals surface area contributed by atoms with Gasteiger partial charge in [-0.15, -0.1) is 8.78 Å². The number of halogens is 3. The number of amides is 1. The van der Waals surface area contributed by atoms with Crippen molar-refractivity contribution in [2.75, 3.05) is 38.4 Å². The van der Waals surface area contributed by atoms with E-state index >= 15 is 4.39 Å². The quantitative estimate of drug-likeness (QED) is 0.337. The first kappa shape index (κ1) is 27.6. The first-order chi connectivity index (χ1) is 19.5. The first-order valence-electron chi connectivity index (χ1n) is 13.2. The Balaban J connectivity index is 1.35. The highest BCUT2D eigenvalue weighted by Gasteiger charge is 2.49. The van der Waals surface area contributed by atoms with Crippen molar-refractivity contribution in [1.29, 1.82) is 0 Å². The zero-order valence-electron chi connectivity index (χ0n) is 22.1. The van der Waals surface area contributed by atoms with Crippen LogP contribution in [0.2, 0.25) is 0 Å². The number of nitrogens with zero attached hydrogens (tertiary/aromatic N) is 1. The van der Waals surface area contributed by atoms with Crippen LogP contribution in [0.25, 0.3) is 10.9 Å². The van der Waals surface area contributed by atoms with Gasteiger partial charge >= 0.3 is 6.29 Å². The predicted octanol–water partition coefficient (Wildman–Crippen LogP) is 2.78. The van der Waals surface area contributed by atoms with Crippen LogP contribution in [0.5, 0.6) is 17.2 Å². The summed E-state index contributed by atoms with van der Waals surface area (Å²) in [6, 6.07) is 6.96. The lowest BCUT2D eigenvalue weighted by molar-refractivity contribution is -0.286. The number of hydrogen-bond donors (Lipinski definition) is 4. The molecule has 10 nitrogen and oxygen atoms in total. The summed E-state index contributed by atoms with van der Waals surface area (Å²) >= 11 is 0. The van der Waals surface area contributed by atoms with Crippen LogP contribution in [0.15, 0.2) is 30.3 Å². The van der Waals surface area contributed by atoms with Crippen LogP contribution in [-0.4, -0.2) is 71.2 Å². The van der Waals surface area contributed by atoms with E-state index in [4.69, 9.17) is 9.47 Å². The third kappa shape index (κ3) is 4.56. The molecular weight excluding hydrogens is 549 g/mol. The van der Waals surface area contributed by atoms with E-state index in [0.29, 0.717) is 42.7 Å². The number of anilines is 1. The molecule has 0 spiro atoms. The lowest BCUT2D eigenvalue weighted by Crippen LogP contribution is -2.39. The molecule has 4 heterocycles. The predicted molar refractivity (Wildman–Crippen MR) is 138 cm³/mol. The number of alkyl halides is 2. The van der Waals surface area contributed by atoms with Crippen molar-refractivity contribution in [2.45, 2.75) is 49.5 Å². The minimum absolute atomic E-state index is 0.0373. The zero-order chi connectivity index (χ0) is 29.2. The molecule has 3 aliphatic heterocycles. The molecule has 0 saturated carbocycles. The topological polar surface area (TPSA) is 132 Å². The van der Waals surface area contributed by atoms with Gasteiger partial charge in [0.25, 0.3) is 0 Å². The van der Waals surface area contributed by atoms with Crippen molar-refractivity contribution in [1.82, 2.24) is 4.57 Å². The Morgan fingerprint density at radius 1 is 1.07 bits per heavy atom. The number of hydrogen-bond acceptors (Lipinski definition) is 8. The largest absolute Gasteiger partial charge is 0.586 e. The molecule has 1 fully saturated rings. The summed E-state index contributed by atoms with van der Waals surface area (Å²) in [5, 5.41) is 33.3. The highest BCUT2D eigenvalue weighted by atomic mass is 19.3. The maximum Gasteiger partial charge on any atom is 0.586 e. The van der Waals surface area contributed by atoms with Crippen LogP contribution in [0.4, 0.5) is 18.9 Å². The average molecular weight is 579 g/mol. The monoisotopic (exact) mass is 578 g/mol. The molecule has 220 valence electrons. The second-order valence-corrected chi connectivity index (χ2v) is 11.0. The van der Waals surface area contributed by atoms with E-state index in [-0.39, 0.29) is 48.3 Å². The molecule has 1 saturated heterocycles. The lowest BCUT2D eigenvalue weighted by atomic mass is 9.78. The Morgan fingerprint density at radius 3 is 2.46 bits per heavy atom. The number of rotatable bonds is 7. The highest BCUT2D eigenvalue weighted by molar-refractivity contribution is 6.01. The molecule has 1 amide bonds. The van der Waals surface area contributed by atoms with Crippen molar-refractivity contribution < 1.29 is 52.2 Å². The average Bonchev–Trinajstić information content (AvgIpc) is 3.57. The minimum Gasteiger partial charge on any atom is -0.492 e. The number of fused-ring (bicyclic) bond motifs is 3. The molecule has 1 unspecified atom stereocenters. The number of benzene rings is 2. The van der Waals surface area contributed by atoms with Gasteiger partial charge in [0.1, 0.15) is 23.6 Å². The smallest absolute Gasteiger partial charge is 0.492 e. The molecule has 6 rings (SSSR count). The molecule has 2 atom stereocenters. The van der Waals surface area contributed by atoms with Crippen LogP contribution < -0.4 is 19.5 Å². The van der Waals surface area contributed by atoms with Crippen molar-refractivity contribution in [2.24, 2.45) is 0 Å². The normalized spacial score (nSPS) is 22.8. The first-order valence-corrected chi connectivity index (χ1v) is 13.2. The molecule has 0 bridgehead atoms. The summed E-state index contributed by atoms with van der Waals surface area (Å²) < 4.78 is 64.4. The fourth-order valence-electron chi connectivity index (χ4n) is 5.82. The standard InChI is InChI=1S/C28H29F3N2O8/c1-26(14-39-21-10-23-22(8-17(21)26)40-28(30,31)41-23)25(37)32-19-6-15-7-24(27(13-35)2-4-38-5-3-27)33(11-16(36)12-34)20(15)9-18(19)29/h6-10,16,34-36H,2-5,11-14H2,1H3,(H,32,37)/t16-,26?/m1/s1. The molecule has 0 radical (unpaired) electrons. The van der Waals surface area contributed by atoms with E-state index < -0.39 is 41.6 Å². The highest BCUT2D eigenvalue weighted by Crippen LogP contribution is 2.50. The molecule has 4 N–H and O–H groups in total. The lowest BCUT2D eigenvalue weighted by Gasteiger charge is -2.36. The molecule has 1 aromatic heterocycles. The van der Waals surface area contributed by atoms with Gasteiger partial charge in [-0.25, -0.2) is 4.39 Å². The summed E-state index contributed by atoms with van der Waals surface area (Å²) in [6.45, 7) is 1.51. The Labute approximate surface area is 232 Å². The Bertz CT molecular complexity index is 1520. The van der Waals surface area contributed by atoms with E-state index in [9.17, 15) is 28.9 Å². The summed E-state index contributed by atoms with van der Waals surface area (Å²) in [5.74, 6) is -1.67. The van der Waals surface area contributed by atoms with E-state index in [1.54, 1.807) is 17.6 Å². The molecular formula is C28H29F3N2O8. The van der Waals surface area contributed by atoms with Gasteiger partial charge in [0, 0.05) is 47.4 Å². The summed E-state index contributed by atoms with van der Waals surface area (Å²) in [7, 11) is 0. The van der Waals surface area contributed by atoms with Gasteiger partial charge in [0.15, 0.2) is 11.5 Å². The van der Waals surface area contributed by atoms with Gasteiger partial charge in [-0.05, 0) is 38.0 Å². The van der Waals surface area contributed by atoms with Crippen molar-refractivity contribution in [3.63, 3.8) is 0 Å². The molecule has 2 aromatic carbocycles. The summed E-state index contributed by atoms with van der Waals surface area (Å²) in [4.78, 5) is 13.5. The number of carbonyl (C=O) groups excluding carboxylic acids is 1. The SMILES string of the molecule is CC1(C(=O)Nc2cc3cc(C4(CO)CCOCC4)n(C[C@@H](O)CO)c3cc2F)COc2cc3c(cc21)OC(F)(F)O3. The molecule has 13 heteroatoms. The maximum absolute atomic E-state index is 15.5. The Morgan fingerprint density at radius 2 is 1.78 bits per heavy atom. The van der Waals surface area contributed by atoms with Gasteiger partial charge in [-0.1, -0.05) is 0 Å². The summed E-state index contributed by atoms with van der Waals surface area (Å²) in [6.07, 6.45) is -3.95. The third-order valence-electron chi connectivity index (χ3n) is 8.25. The second-order valence-electron chi connectivity index (χ2n) is 11.0. The van der Waals surface area contributed by atoms with Crippen LogP contribution in [-0.2, 0) is 26.9 Å². The van der Waals surface area contributed by atoms with Crippen LogP contribution in [0, 0.1) is 5.82 Å². The Hall–Kier alpha value is -3.52. The number of aliphatic hydroxyl groups is 3. The van der Waals surface area contributed by atoms with Crippen LogP contribution in [0.1, 0.15) is 31.0 Å². The summed E-state index contributed by atoms with van der Waals surface area (Å²) in [5.41, 5.74) is -0.831.